The second kappa shape index (κ2) is 6.13. The molecule has 0 atom stereocenters. The number of benzene rings is 2. The van der Waals surface area contributed by atoms with E-state index >= 15 is 0 Å². The highest BCUT2D eigenvalue weighted by atomic mass is 19.2. The zero-order valence-electron chi connectivity index (χ0n) is 11.1. The number of carbonyl (C=O) groups excluding carboxylic acids is 2. The first-order chi connectivity index (χ1) is 9.97. The van der Waals surface area contributed by atoms with Gasteiger partial charge >= 0.3 is 11.8 Å². The van der Waals surface area contributed by atoms with Crippen molar-refractivity contribution in [1.82, 2.24) is 0 Å². The molecule has 2 aromatic carbocycles. The Morgan fingerprint density at radius 3 is 2.24 bits per heavy atom. The van der Waals surface area contributed by atoms with Crippen LogP contribution in [0.4, 0.5) is 20.2 Å². The Morgan fingerprint density at radius 2 is 1.57 bits per heavy atom. The number of para-hydroxylation sites is 1. The van der Waals surface area contributed by atoms with Gasteiger partial charge in [0.25, 0.3) is 0 Å². The Kier molecular flexibility index (Phi) is 4.27. The van der Waals surface area contributed by atoms with Crippen LogP contribution in [0.25, 0.3) is 0 Å². The van der Waals surface area contributed by atoms with Crippen molar-refractivity contribution < 1.29 is 18.4 Å². The van der Waals surface area contributed by atoms with Crippen LogP contribution in [-0.2, 0) is 9.59 Å². The van der Waals surface area contributed by atoms with Gasteiger partial charge in [0.2, 0.25) is 0 Å². The second-order valence-electron chi connectivity index (χ2n) is 4.35. The average molecular weight is 290 g/mol. The standard InChI is InChI=1S/C15H12F2N2O2/c1-9-4-2-3-5-13(9)19-15(21)14(20)18-10-6-7-11(16)12(17)8-10/h2-8H,1H3,(H,18,20)(H,19,21). The minimum absolute atomic E-state index is 0.00108. The third-order valence-corrected chi connectivity index (χ3v) is 2.78. The largest absolute Gasteiger partial charge is 0.318 e. The second-order valence-corrected chi connectivity index (χ2v) is 4.35. The Bertz CT molecular complexity index is 702. The van der Waals surface area contributed by atoms with E-state index in [0.29, 0.717) is 5.69 Å². The number of anilines is 2. The van der Waals surface area contributed by atoms with Crippen molar-refractivity contribution in [1.29, 1.82) is 0 Å². The van der Waals surface area contributed by atoms with Crippen LogP contribution in [0.2, 0.25) is 0 Å². The lowest BCUT2D eigenvalue weighted by molar-refractivity contribution is -0.133. The number of aryl methyl sites for hydroxylation is 1. The quantitative estimate of drug-likeness (QED) is 0.836. The van der Waals surface area contributed by atoms with Crippen LogP contribution in [0.5, 0.6) is 0 Å². The van der Waals surface area contributed by atoms with E-state index in [9.17, 15) is 18.4 Å². The lowest BCUT2D eigenvalue weighted by Gasteiger charge is -2.08. The highest BCUT2D eigenvalue weighted by Gasteiger charge is 2.15. The summed E-state index contributed by atoms with van der Waals surface area (Å²) in [6, 6.07) is 9.78. The summed E-state index contributed by atoms with van der Waals surface area (Å²) in [6.45, 7) is 1.78. The van der Waals surface area contributed by atoms with E-state index in [-0.39, 0.29) is 5.69 Å². The predicted molar refractivity (Wildman–Crippen MR) is 74.8 cm³/mol. The first-order valence-electron chi connectivity index (χ1n) is 6.10. The maximum Gasteiger partial charge on any atom is 0.314 e. The fraction of sp³-hybridized carbons (Fsp3) is 0.0667. The van der Waals surface area contributed by atoms with Gasteiger partial charge in [-0.2, -0.15) is 0 Å². The summed E-state index contributed by atoms with van der Waals surface area (Å²) in [5, 5.41) is 4.63. The number of amides is 2. The van der Waals surface area contributed by atoms with E-state index in [2.05, 4.69) is 10.6 Å². The molecule has 0 spiro atoms. The van der Waals surface area contributed by atoms with Crippen molar-refractivity contribution in [3.63, 3.8) is 0 Å². The molecular weight excluding hydrogens is 278 g/mol. The molecule has 0 aliphatic rings. The maximum atomic E-state index is 13.0. The SMILES string of the molecule is Cc1ccccc1NC(=O)C(=O)Nc1ccc(F)c(F)c1. The van der Waals surface area contributed by atoms with Gasteiger partial charge in [-0.25, -0.2) is 8.78 Å². The molecule has 2 N–H and O–H groups in total. The molecule has 2 rings (SSSR count). The van der Waals surface area contributed by atoms with E-state index in [4.69, 9.17) is 0 Å². The lowest BCUT2D eigenvalue weighted by atomic mass is 10.2. The Morgan fingerprint density at radius 1 is 0.905 bits per heavy atom. The van der Waals surface area contributed by atoms with Crippen molar-refractivity contribution in [2.45, 2.75) is 6.92 Å². The van der Waals surface area contributed by atoms with Crippen LogP contribution >= 0.6 is 0 Å². The number of rotatable bonds is 2. The summed E-state index contributed by atoms with van der Waals surface area (Å²) in [4.78, 5) is 23.4. The van der Waals surface area contributed by atoms with Crippen LogP contribution in [0.1, 0.15) is 5.56 Å². The van der Waals surface area contributed by atoms with E-state index in [1.54, 1.807) is 31.2 Å². The van der Waals surface area contributed by atoms with Crippen molar-refractivity contribution in [3.8, 4) is 0 Å². The topological polar surface area (TPSA) is 58.2 Å². The van der Waals surface area contributed by atoms with E-state index < -0.39 is 23.4 Å². The summed E-state index contributed by atoms with van der Waals surface area (Å²) >= 11 is 0. The fourth-order valence-electron chi connectivity index (χ4n) is 1.65. The molecule has 0 saturated heterocycles. The number of carbonyl (C=O) groups is 2. The molecule has 0 saturated carbocycles. The molecule has 2 aromatic rings. The number of hydrogen-bond donors (Lipinski definition) is 2. The van der Waals surface area contributed by atoms with E-state index in [0.717, 1.165) is 23.8 Å². The molecular formula is C15H12F2N2O2. The van der Waals surface area contributed by atoms with E-state index in [1.807, 2.05) is 0 Å². The Labute approximate surface area is 119 Å². The van der Waals surface area contributed by atoms with Gasteiger partial charge in [0.05, 0.1) is 0 Å². The van der Waals surface area contributed by atoms with Crippen LogP contribution in [0.15, 0.2) is 42.5 Å². The number of halogens is 2. The van der Waals surface area contributed by atoms with Gasteiger partial charge in [-0.3, -0.25) is 9.59 Å². The number of hydrogen-bond acceptors (Lipinski definition) is 2. The van der Waals surface area contributed by atoms with Crippen molar-refractivity contribution in [2.24, 2.45) is 0 Å². The van der Waals surface area contributed by atoms with Gasteiger partial charge in [0.15, 0.2) is 11.6 Å². The molecule has 2 amide bonds. The minimum atomic E-state index is -1.10. The van der Waals surface area contributed by atoms with Crippen molar-refractivity contribution in [3.05, 3.63) is 59.7 Å². The molecule has 0 bridgehead atoms. The predicted octanol–water partition coefficient (Wildman–Crippen LogP) is 2.85. The van der Waals surface area contributed by atoms with E-state index in [1.165, 1.54) is 0 Å². The molecule has 21 heavy (non-hydrogen) atoms. The van der Waals surface area contributed by atoms with Gasteiger partial charge in [-0.15, -0.1) is 0 Å². The molecule has 0 fully saturated rings. The van der Waals surface area contributed by atoms with Crippen LogP contribution < -0.4 is 10.6 Å². The molecule has 0 heterocycles. The molecule has 0 aliphatic heterocycles. The minimum Gasteiger partial charge on any atom is -0.318 e. The van der Waals surface area contributed by atoms with Crippen LogP contribution in [-0.4, -0.2) is 11.8 Å². The monoisotopic (exact) mass is 290 g/mol. The summed E-state index contributed by atoms with van der Waals surface area (Å²) in [5.41, 5.74) is 1.30. The van der Waals surface area contributed by atoms with Gasteiger partial charge in [0, 0.05) is 17.4 Å². The van der Waals surface area contributed by atoms with Gasteiger partial charge in [0.1, 0.15) is 0 Å². The first kappa shape index (κ1) is 14.6. The van der Waals surface area contributed by atoms with Crippen molar-refractivity contribution in [2.75, 3.05) is 10.6 Å². The molecule has 4 nitrogen and oxygen atoms in total. The summed E-state index contributed by atoms with van der Waals surface area (Å²) < 4.78 is 25.8. The molecule has 0 aromatic heterocycles. The molecule has 0 aliphatic carbocycles. The highest BCUT2D eigenvalue weighted by molar-refractivity contribution is 6.43. The van der Waals surface area contributed by atoms with Gasteiger partial charge in [-0.1, -0.05) is 18.2 Å². The normalized spacial score (nSPS) is 10.0. The molecule has 108 valence electrons. The van der Waals surface area contributed by atoms with Gasteiger partial charge < -0.3 is 10.6 Å². The lowest BCUT2D eigenvalue weighted by Crippen LogP contribution is -2.29. The molecule has 0 unspecified atom stereocenters. The third-order valence-electron chi connectivity index (χ3n) is 2.78. The Hall–Kier alpha value is -2.76. The fourth-order valence-corrected chi connectivity index (χ4v) is 1.65. The summed E-state index contributed by atoms with van der Waals surface area (Å²) in [7, 11) is 0. The molecule has 0 radical (unpaired) electrons. The number of nitrogens with one attached hydrogen (secondary N) is 2. The zero-order chi connectivity index (χ0) is 15.4. The van der Waals surface area contributed by atoms with Crippen LogP contribution in [0, 0.1) is 18.6 Å². The maximum absolute atomic E-state index is 13.0. The Balaban J connectivity index is 2.04. The van der Waals surface area contributed by atoms with Gasteiger partial charge in [-0.05, 0) is 30.7 Å². The average Bonchev–Trinajstić information content (AvgIpc) is 2.45. The third kappa shape index (κ3) is 3.62. The van der Waals surface area contributed by atoms with Crippen molar-refractivity contribution >= 4 is 23.2 Å². The zero-order valence-corrected chi connectivity index (χ0v) is 11.1. The summed E-state index contributed by atoms with van der Waals surface area (Å²) in [5.74, 6) is -4.00. The summed E-state index contributed by atoms with van der Waals surface area (Å²) in [6.07, 6.45) is 0. The van der Waals surface area contributed by atoms with Crippen LogP contribution in [0.3, 0.4) is 0 Å². The highest BCUT2D eigenvalue weighted by Crippen LogP contribution is 2.15. The first-order valence-corrected chi connectivity index (χ1v) is 6.10. The molecule has 6 heteroatoms. The smallest absolute Gasteiger partial charge is 0.314 e.